The summed E-state index contributed by atoms with van der Waals surface area (Å²) in [5.74, 6) is -0.818. The fraction of sp³-hybridized carbons (Fsp3) is 0.412. The van der Waals surface area contributed by atoms with Gasteiger partial charge in [0, 0.05) is 11.8 Å². The van der Waals surface area contributed by atoms with Gasteiger partial charge in [-0.05, 0) is 18.1 Å². The molecule has 2 aromatic rings. The number of carbonyl (C=O) groups excluding carboxylic acids is 2. The van der Waals surface area contributed by atoms with E-state index in [0.717, 1.165) is 0 Å². The normalized spacial score (nSPS) is 12.2. The summed E-state index contributed by atoms with van der Waals surface area (Å²) in [7, 11) is 1.29. The number of benzene rings is 1. The van der Waals surface area contributed by atoms with Crippen molar-refractivity contribution in [3.05, 3.63) is 40.7 Å². The van der Waals surface area contributed by atoms with Crippen LogP contribution in [0.4, 0.5) is 0 Å². The van der Waals surface area contributed by atoms with Gasteiger partial charge < -0.3 is 10.1 Å². The first-order valence-corrected chi connectivity index (χ1v) is 7.76. The third kappa shape index (κ3) is 3.98. The van der Waals surface area contributed by atoms with E-state index in [2.05, 4.69) is 10.4 Å². The van der Waals surface area contributed by atoms with E-state index in [1.54, 1.807) is 22.9 Å². The molecule has 0 spiro atoms. The maximum atomic E-state index is 12.1. The first kappa shape index (κ1) is 17.7. The third-order valence-electron chi connectivity index (χ3n) is 3.75. The van der Waals surface area contributed by atoms with Crippen LogP contribution in [0.2, 0.25) is 0 Å². The first-order valence-electron chi connectivity index (χ1n) is 7.76. The molecule has 0 saturated carbocycles. The van der Waals surface area contributed by atoms with Crippen LogP contribution >= 0.6 is 0 Å². The lowest BCUT2D eigenvalue weighted by molar-refractivity contribution is -0.146. The second-order valence-electron chi connectivity index (χ2n) is 5.81. The van der Waals surface area contributed by atoms with Crippen LogP contribution in [0.15, 0.2) is 35.3 Å². The van der Waals surface area contributed by atoms with Gasteiger partial charge in [-0.3, -0.25) is 14.3 Å². The molecule has 1 heterocycles. The zero-order valence-electron chi connectivity index (χ0n) is 14.0. The van der Waals surface area contributed by atoms with Crippen LogP contribution in [0.3, 0.4) is 0 Å². The summed E-state index contributed by atoms with van der Waals surface area (Å²) in [6.45, 7) is 3.97. The van der Waals surface area contributed by atoms with Crippen molar-refractivity contribution in [1.29, 1.82) is 0 Å². The zero-order chi connectivity index (χ0) is 17.7. The monoisotopic (exact) mass is 331 g/mol. The number of aromatic nitrogens is 2. The van der Waals surface area contributed by atoms with Crippen molar-refractivity contribution in [3.63, 3.8) is 0 Å². The number of nitrogens with zero attached hydrogens (tertiary/aromatic N) is 2. The number of ether oxygens (including phenoxy) is 1. The summed E-state index contributed by atoms with van der Waals surface area (Å²) < 4.78 is 6.31. The molecule has 1 aromatic carbocycles. The topological polar surface area (TPSA) is 90.3 Å². The molecule has 0 unspecified atom stereocenters. The van der Waals surface area contributed by atoms with E-state index in [4.69, 9.17) is 4.74 Å². The van der Waals surface area contributed by atoms with E-state index in [1.165, 1.54) is 13.3 Å². The Kier molecular flexibility index (Phi) is 5.68. The van der Waals surface area contributed by atoms with Crippen molar-refractivity contribution < 1.29 is 14.3 Å². The molecule has 0 bridgehead atoms. The van der Waals surface area contributed by atoms with Gasteiger partial charge in [-0.25, -0.2) is 4.79 Å². The number of nitrogens with one attached hydrogen (secondary N) is 1. The van der Waals surface area contributed by atoms with Crippen LogP contribution in [0.1, 0.15) is 20.3 Å². The van der Waals surface area contributed by atoms with Crippen molar-refractivity contribution in [1.82, 2.24) is 15.1 Å². The van der Waals surface area contributed by atoms with Crippen LogP contribution in [0, 0.1) is 5.92 Å². The number of fused-ring (bicyclic) bond motifs is 1. The van der Waals surface area contributed by atoms with Gasteiger partial charge in [0.25, 0.3) is 0 Å². The van der Waals surface area contributed by atoms with E-state index in [1.807, 2.05) is 19.9 Å². The maximum absolute atomic E-state index is 12.1. The first-order chi connectivity index (χ1) is 11.4. The van der Waals surface area contributed by atoms with Gasteiger partial charge in [0.15, 0.2) is 0 Å². The second-order valence-corrected chi connectivity index (χ2v) is 5.81. The standard InChI is InChI=1S/C17H21N3O4/c1-11(2)16(17(23)24-3)19-15(22)8-9-20-13-7-5-4-6-12(13)14(21)10-18-20/h4-7,10-11,16H,8-9H2,1-3H3,(H,19,22)/t16-/m0/s1. The van der Waals surface area contributed by atoms with Crippen molar-refractivity contribution in [2.75, 3.05) is 7.11 Å². The number of esters is 1. The van der Waals surface area contributed by atoms with Crippen molar-refractivity contribution in [3.8, 4) is 0 Å². The van der Waals surface area contributed by atoms with Gasteiger partial charge in [0.2, 0.25) is 11.3 Å². The third-order valence-corrected chi connectivity index (χ3v) is 3.75. The zero-order valence-corrected chi connectivity index (χ0v) is 14.0. The van der Waals surface area contributed by atoms with Crippen molar-refractivity contribution in [2.24, 2.45) is 5.92 Å². The van der Waals surface area contributed by atoms with Crippen LogP contribution < -0.4 is 10.7 Å². The van der Waals surface area contributed by atoms with Gasteiger partial charge in [0.05, 0.1) is 25.4 Å². The van der Waals surface area contributed by atoms with Crippen LogP contribution in [0.5, 0.6) is 0 Å². The number of methoxy groups -OCH3 is 1. The average molecular weight is 331 g/mol. The number of amides is 1. The summed E-state index contributed by atoms with van der Waals surface area (Å²) in [6.07, 6.45) is 1.38. The highest BCUT2D eigenvalue weighted by Gasteiger charge is 2.24. The summed E-state index contributed by atoms with van der Waals surface area (Å²) in [4.78, 5) is 35.6. The van der Waals surface area contributed by atoms with Gasteiger partial charge in [-0.1, -0.05) is 26.0 Å². The van der Waals surface area contributed by atoms with Gasteiger partial charge >= 0.3 is 5.97 Å². The number of hydrogen-bond acceptors (Lipinski definition) is 5. The predicted octanol–water partition coefficient (Wildman–Crippen LogP) is 1.10. The van der Waals surface area contributed by atoms with Crippen molar-refractivity contribution >= 4 is 22.8 Å². The molecule has 128 valence electrons. The van der Waals surface area contributed by atoms with E-state index < -0.39 is 12.0 Å². The van der Waals surface area contributed by atoms with Crippen LogP contribution in [-0.2, 0) is 20.9 Å². The van der Waals surface area contributed by atoms with Crippen LogP contribution in [0.25, 0.3) is 10.9 Å². The fourth-order valence-corrected chi connectivity index (χ4v) is 2.42. The molecule has 0 aliphatic rings. The summed E-state index contributed by atoms with van der Waals surface area (Å²) >= 11 is 0. The molecule has 0 aliphatic heterocycles. The lowest BCUT2D eigenvalue weighted by atomic mass is 10.0. The average Bonchev–Trinajstić information content (AvgIpc) is 2.58. The quantitative estimate of drug-likeness (QED) is 0.801. The van der Waals surface area contributed by atoms with Crippen molar-refractivity contribution in [2.45, 2.75) is 32.9 Å². The molecular weight excluding hydrogens is 310 g/mol. The SMILES string of the molecule is COC(=O)[C@@H](NC(=O)CCn1ncc(=O)c2ccccc21)C(C)C. The Bertz CT molecular complexity index is 798. The highest BCUT2D eigenvalue weighted by atomic mass is 16.5. The lowest BCUT2D eigenvalue weighted by Gasteiger charge is -2.20. The minimum atomic E-state index is -0.679. The Morgan fingerprint density at radius 1 is 1.29 bits per heavy atom. The molecule has 1 aromatic heterocycles. The molecule has 2 rings (SSSR count). The maximum Gasteiger partial charge on any atom is 0.328 e. The second kappa shape index (κ2) is 7.72. The number of rotatable bonds is 6. The van der Waals surface area contributed by atoms with Gasteiger partial charge in [0.1, 0.15) is 6.04 Å². The van der Waals surface area contributed by atoms with E-state index >= 15 is 0 Å². The summed E-state index contributed by atoms with van der Waals surface area (Å²) in [5, 5.41) is 7.31. The molecule has 7 heteroatoms. The molecular formula is C17H21N3O4. The molecule has 0 saturated heterocycles. The molecule has 1 amide bonds. The number of carbonyl (C=O) groups is 2. The Morgan fingerprint density at radius 3 is 2.67 bits per heavy atom. The molecule has 24 heavy (non-hydrogen) atoms. The lowest BCUT2D eigenvalue weighted by Crippen LogP contribution is -2.45. The summed E-state index contributed by atoms with van der Waals surface area (Å²) in [6, 6.07) is 6.42. The van der Waals surface area contributed by atoms with Gasteiger partial charge in [-0.2, -0.15) is 5.10 Å². The number of hydrogen-bond donors (Lipinski definition) is 1. The number of para-hydroxylation sites is 1. The smallest absolute Gasteiger partial charge is 0.328 e. The minimum Gasteiger partial charge on any atom is -0.467 e. The van der Waals surface area contributed by atoms with E-state index in [-0.39, 0.29) is 23.7 Å². The number of aryl methyl sites for hydroxylation is 1. The fourth-order valence-electron chi connectivity index (χ4n) is 2.42. The Labute approximate surface area is 139 Å². The molecule has 0 aliphatic carbocycles. The Morgan fingerprint density at radius 2 is 2.00 bits per heavy atom. The summed E-state index contributed by atoms with van der Waals surface area (Å²) in [5.41, 5.74) is 0.517. The van der Waals surface area contributed by atoms with E-state index in [0.29, 0.717) is 17.4 Å². The highest BCUT2D eigenvalue weighted by Crippen LogP contribution is 2.09. The molecule has 7 nitrogen and oxygen atoms in total. The molecule has 0 radical (unpaired) electrons. The molecule has 1 N–H and O–H groups in total. The minimum absolute atomic E-state index is 0.0762. The molecule has 1 atom stereocenters. The Balaban J connectivity index is 2.08. The van der Waals surface area contributed by atoms with Crippen LogP contribution in [-0.4, -0.2) is 34.8 Å². The van der Waals surface area contributed by atoms with Gasteiger partial charge in [-0.15, -0.1) is 0 Å². The predicted molar refractivity (Wildman–Crippen MR) is 89.4 cm³/mol. The van der Waals surface area contributed by atoms with E-state index in [9.17, 15) is 14.4 Å². The highest BCUT2D eigenvalue weighted by molar-refractivity contribution is 5.84. The largest absolute Gasteiger partial charge is 0.467 e. The Hall–Kier alpha value is -2.70. The molecule has 0 fully saturated rings.